The Morgan fingerprint density at radius 1 is 1.45 bits per heavy atom. The van der Waals surface area contributed by atoms with Crippen LogP contribution in [0.2, 0.25) is 0 Å². The largest absolute Gasteiger partial charge is 0.311 e. The molecule has 1 N–H and O–H groups in total. The molecule has 0 aromatic carbocycles. The van der Waals surface area contributed by atoms with Crippen molar-refractivity contribution in [3.63, 3.8) is 0 Å². The summed E-state index contributed by atoms with van der Waals surface area (Å²) in [4.78, 5) is 7.18. The van der Waals surface area contributed by atoms with E-state index >= 15 is 0 Å². The quantitative estimate of drug-likeness (QED) is 0.870. The molecule has 0 spiro atoms. The minimum absolute atomic E-state index is 0.301. The Kier molecular flexibility index (Phi) is 5.58. The molecule has 1 saturated heterocycles. The molecule has 20 heavy (non-hydrogen) atoms. The molecule has 3 nitrogen and oxygen atoms in total. The number of nitrogens with zero attached hydrogens (tertiary/aromatic N) is 2. The summed E-state index contributed by atoms with van der Waals surface area (Å²) in [6, 6.07) is 0.617. The fraction of sp³-hybridized carbons (Fsp3) is 0.812. The highest BCUT2D eigenvalue weighted by Gasteiger charge is 2.40. The predicted octanol–water partition coefficient (Wildman–Crippen LogP) is 3.52. The van der Waals surface area contributed by atoms with Crippen LogP contribution in [-0.4, -0.2) is 34.6 Å². The highest BCUT2D eigenvalue weighted by Crippen LogP contribution is 2.30. The number of piperazine rings is 1. The first-order valence-corrected chi connectivity index (χ1v) is 8.90. The van der Waals surface area contributed by atoms with Crippen LogP contribution >= 0.6 is 11.3 Å². The van der Waals surface area contributed by atoms with Crippen LogP contribution in [0.5, 0.6) is 0 Å². The highest BCUT2D eigenvalue weighted by atomic mass is 32.1. The number of hydrogen-bond acceptors (Lipinski definition) is 4. The molecule has 1 fully saturated rings. The van der Waals surface area contributed by atoms with E-state index in [1.165, 1.54) is 24.3 Å². The molecule has 2 heterocycles. The summed E-state index contributed by atoms with van der Waals surface area (Å²) < 4.78 is 0. The molecule has 2 atom stereocenters. The van der Waals surface area contributed by atoms with E-state index in [1.807, 2.05) is 6.20 Å². The lowest BCUT2D eigenvalue weighted by atomic mass is 9.84. The average molecular weight is 295 g/mol. The van der Waals surface area contributed by atoms with E-state index in [0.29, 0.717) is 11.6 Å². The third-order valence-electron chi connectivity index (χ3n) is 5.24. The van der Waals surface area contributed by atoms with Crippen molar-refractivity contribution >= 4 is 11.3 Å². The zero-order chi connectivity index (χ0) is 14.6. The van der Waals surface area contributed by atoms with Crippen molar-refractivity contribution in [2.75, 3.05) is 13.1 Å². The van der Waals surface area contributed by atoms with Gasteiger partial charge in [0.2, 0.25) is 0 Å². The molecule has 2 unspecified atom stereocenters. The maximum atomic E-state index is 4.49. The topological polar surface area (TPSA) is 28.2 Å². The number of rotatable bonds is 6. The molecule has 1 aromatic heterocycles. The molecule has 1 aromatic rings. The summed E-state index contributed by atoms with van der Waals surface area (Å²) in [5, 5.41) is 7.15. The van der Waals surface area contributed by atoms with Gasteiger partial charge in [0, 0.05) is 36.2 Å². The number of aromatic nitrogens is 1. The maximum Gasteiger partial charge on any atom is 0.107 e. The van der Waals surface area contributed by atoms with Crippen LogP contribution in [0.15, 0.2) is 11.6 Å². The molecule has 0 aliphatic carbocycles. The van der Waals surface area contributed by atoms with Gasteiger partial charge in [0.05, 0.1) is 6.54 Å². The van der Waals surface area contributed by atoms with Gasteiger partial charge in [-0.3, -0.25) is 4.90 Å². The van der Waals surface area contributed by atoms with Crippen molar-refractivity contribution in [1.29, 1.82) is 0 Å². The van der Waals surface area contributed by atoms with E-state index in [1.54, 1.807) is 11.3 Å². The molecule has 0 amide bonds. The van der Waals surface area contributed by atoms with E-state index in [9.17, 15) is 0 Å². The van der Waals surface area contributed by atoms with Gasteiger partial charge in [-0.2, -0.15) is 0 Å². The molecule has 0 saturated carbocycles. The van der Waals surface area contributed by atoms with Gasteiger partial charge in [-0.05, 0) is 18.8 Å². The lowest BCUT2D eigenvalue weighted by Gasteiger charge is -2.50. The van der Waals surface area contributed by atoms with E-state index < -0.39 is 0 Å². The van der Waals surface area contributed by atoms with Crippen LogP contribution in [0, 0.1) is 5.92 Å². The van der Waals surface area contributed by atoms with Crippen LogP contribution < -0.4 is 5.32 Å². The van der Waals surface area contributed by atoms with Crippen LogP contribution in [0.3, 0.4) is 0 Å². The Balaban J connectivity index is 2.14. The third kappa shape index (κ3) is 3.23. The van der Waals surface area contributed by atoms with Crippen molar-refractivity contribution in [3.05, 3.63) is 16.6 Å². The summed E-state index contributed by atoms with van der Waals surface area (Å²) in [5.41, 5.74) is 0.301. The summed E-state index contributed by atoms with van der Waals surface area (Å²) in [5.74, 6) is 0.737. The standard InChI is InChI=1S/C16H29N3S/c1-5-13(4)14-10-19(11-15-17-8-9-20-15)16(6-2,7-3)12-18-14/h8-9,13-14,18H,5-7,10-12H2,1-4H3. The lowest BCUT2D eigenvalue weighted by molar-refractivity contribution is 0.0135. The zero-order valence-electron chi connectivity index (χ0n) is 13.4. The summed E-state index contributed by atoms with van der Waals surface area (Å²) in [7, 11) is 0. The SMILES string of the molecule is CCC(C)C1CN(Cc2nccs2)C(CC)(CC)CN1. The fourth-order valence-electron chi connectivity index (χ4n) is 3.27. The van der Waals surface area contributed by atoms with Crippen LogP contribution in [0.25, 0.3) is 0 Å². The van der Waals surface area contributed by atoms with Gasteiger partial charge in [0.25, 0.3) is 0 Å². The second-order valence-corrected chi connectivity index (χ2v) is 7.09. The van der Waals surface area contributed by atoms with Gasteiger partial charge < -0.3 is 5.32 Å². The molecular weight excluding hydrogens is 266 g/mol. The van der Waals surface area contributed by atoms with Crippen molar-refractivity contribution in [2.45, 2.75) is 65.1 Å². The van der Waals surface area contributed by atoms with Crippen LogP contribution in [0.1, 0.15) is 52.0 Å². The average Bonchev–Trinajstić information content (AvgIpc) is 2.99. The molecule has 1 aliphatic rings. The summed E-state index contributed by atoms with van der Waals surface area (Å²) in [6.07, 6.45) is 5.58. The molecule has 114 valence electrons. The van der Waals surface area contributed by atoms with Gasteiger partial charge in [-0.1, -0.05) is 34.1 Å². The number of hydrogen-bond donors (Lipinski definition) is 1. The van der Waals surface area contributed by atoms with E-state index in [-0.39, 0.29) is 0 Å². The highest BCUT2D eigenvalue weighted by molar-refractivity contribution is 7.09. The molecule has 0 radical (unpaired) electrons. The fourth-order valence-corrected chi connectivity index (χ4v) is 3.90. The lowest BCUT2D eigenvalue weighted by Crippen LogP contribution is -2.65. The predicted molar refractivity (Wildman–Crippen MR) is 87.1 cm³/mol. The van der Waals surface area contributed by atoms with Crippen LogP contribution in [0.4, 0.5) is 0 Å². The Bertz CT molecular complexity index is 386. The number of nitrogens with one attached hydrogen (secondary N) is 1. The van der Waals surface area contributed by atoms with Gasteiger partial charge >= 0.3 is 0 Å². The first-order valence-electron chi connectivity index (χ1n) is 8.02. The van der Waals surface area contributed by atoms with Crippen molar-refractivity contribution < 1.29 is 0 Å². The minimum atomic E-state index is 0.301. The molecule has 4 heteroatoms. The van der Waals surface area contributed by atoms with Crippen molar-refractivity contribution in [2.24, 2.45) is 5.92 Å². The van der Waals surface area contributed by atoms with Crippen molar-refractivity contribution in [3.8, 4) is 0 Å². The van der Waals surface area contributed by atoms with E-state index in [0.717, 1.165) is 25.6 Å². The smallest absolute Gasteiger partial charge is 0.107 e. The third-order valence-corrected chi connectivity index (χ3v) is 6.00. The van der Waals surface area contributed by atoms with E-state index in [2.05, 4.69) is 48.3 Å². The number of thiazole rings is 1. The second kappa shape index (κ2) is 7.01. The van der Waals surface area contributed by atoms with Crippen molar-refractivity contribution in [1.82, 2.24) is 15.2 Å². The maximum absolute atomic E-state index is 4.49. The molecule has 1 aliphatic heterocycles. The summed E-state index contributed by atoms with van der Waals surface area (Å²) in [6.45, 7) is 12.6. The monoisotopic (exact) mass is 295 g/mol. The Hall–Kier alpha value is -0.450. The second-order valence-electron chi connectivity index (χ2n) is 6.11. The van der Waals surface area contributed by atoms with Gasteiger partial charge in [-0.25, -0.2) is 4.98 Å². The Morgan fingerprint density at radius 2 is 2.20 bits per heavy atom. The first-order chi connectivity index (χ1) is 9.65. The van der Waals surface area contributed by atoms with Gasteiger partial charge in [-0.15, -0.1) is 11.3 Å². The molecular formula is C16H29N3S. The van der Waals surface area contributed by atoms with Crippen LogP contribution in [-0.2, 0) is 6.54 Å². The zero-order valence-corrected chi connectivity index (χ0v) is 14.2. The molecule has 0 bridgehead atoms. The summed E-state index contributed by atoms with van der Waals surface area (Å²) >= 11 is 1.78. The van der Waals surface area contributed by atoms with Gasteiger partial charge in [0.15, 0.2) is 0 Å². The Morgan fingerprint density at radius 3 is 2.75 bits per heavy atom. The minimum Gasteiger partial charge on any atom is -0.311 e. The molecule has 2 rings (SSSR count). The first kappa shape index (κ1) is 15.9. The van der Waals surface area contributed by atoms with Gasteiger partial charge in [0.1, 0.15) is 5.01 Å². The normalized spacial score (nSPS) is 24.7. The van der Waals surface area contributed by atoms with E-state index in [4.69, 9.17) is 0 Å². The Labute approximate surface area is 127 Å².